The van der Waals surface area contributed by atoms with Gasteiger partial charge in [0, 0.05) is 24.7 Å². The molecular weight excluding hydrogens is 212 g/mol. The smallest absolute Gasteiger partial charge is 0.0645 e. The largest absolute Gasteiger partial charge is 0.378 e. The van der Waals surface area contributed by atoms with E-state index in [1.54, 1.807) is 0 Å². The van der Waals surface area contributed by atoms with Gasteiger partial charge < -0.3 is 10.5 Å². The van der Waals surface area contributed by atoms with Gasteiger partial charge in [-0.2, -0.15) is 0 Å². The minimum atomic E-state index is 0.157. The molecule has 2 N–H and O–H groups in total. The van der Waals surface area contributed by atoms with Crippen LogP contribution in [0.25, 0.3) is 0 Å². The third kappa shape index (κ3) is 3.43. The van der Waals surface area contributed by atoms with Gasteiger partial charge in [0.25, 0.3) is 0 Å². The van der Waals surface area contributed by atoms with Gasteiger partial charge in [-0.05, 0) is 32.6 Å². The summed E-state index contributed by atoms with van der Waals surface area (Å²) in [6.07, 6.45) is 6.85. The summed E-state index contributed by atoms with van der Waals surface area (Å²) in [5, 5.41) is 0. The highest BCUT2D eigenvalue weighted by atomic mass is 16.5. The SMILES string of the molecule is CC1(C)COCCN1CC(N)C1CCCCC1. The molecule has 0 aromatic heterocycles. The molecule has 1 aliphatic heterocycles. The van der Waals surface area contributed by atoms with Crippen molar-refractivity contribution in [3.05, 3.63) is 0 Å². The molecular formula is C14H28N2O. The standard InChI is InChI=1S/C14H28N2O/c1-14(2)11-17-9-8-16(14)10-13(15)12-6-4-3-5-7-12/h12-13H,3-11,15H2,1-2H3. The summed E-state index contributed by atoms with van der Waals surface area (Å²) in [4.78, 5) is 2.52. The van der Waals surface area contributed by atoms with Gasteiger partial charge in [0.1, 0.15) is 0 Å². The van der Waals surface area contributed by atoms with Gasteiger partial charge in [-0.3, -0.25) is 4.90 Å². The molecule has 2 fully saturated rings. The lowest BCUT2D eigenvalue weighted by atomic mass is 9.83. The highest BCUT2D eigenvalue weighted by Crippen LogP contribution is 2.27. The van der Waals surface area contributed by atoms with Crippen molar-refractivity contribution >= 4 is 0 Å². The topological polar surface area (TPSA) is 38.5 Å². The van der Waals surface area contributed by atoms with E-state index < -0.39 is 0 Å². The van der Waals surface area contributed by atoms with Crippen LogP contribution in [0.15, 0.2) is 0 Å². The summed E-state index contributed by atoms with van der Waals surface area (Å²) in [5.41, 5.74) is 6.58. The van der Waals surface area contributed by atoms with Crippen molar-refractivity contribution in [3.63, 3.8) is 0 Å². The van der Waals surface area contributed by atoms with E-state index in [2.05, 4.69) is 18.7 Å². The fourth-order valence-electron chi connectivity index (χ4n) is 3.19. The predicted molar refractivity (Wildman–Crippen MR) is 71.0 cm³/mol. The van der Waals surface area contributed by atoms with Crippen molar-refractivity contribution in [3.8, 4) is 0 Å². The van der Waals surface area contributed by atoms with Crippen LogP contribution < -0.4 is 5.73 Å². The van der Waals surface area contributed by atoms with Crippen molar-refractivity contribution < 1.29 is 4.74 Å². The Morgan fingerprint density at radius 2 is 2.00 bits per heavy atom. The van der Waals surface area contributed by atoms with E-state index in [9.17, 15) is 0 Å². The number of nitrogens with two attached hydrogens (primary N) is 1. The summed E-state index contributed by atoms with van der Waals surface area (Å²) in [5.74, 6) is 0.752. The second-order valence-electron chi connectivity index (χ2n) is 6.37. The molecule has 1 heterocycles. The van der Waals surface area contributed by atoms with Crippen molar-refractivity contribution in [1.82, 2.24) is 4.90 Å². The van der Waals surface area contributed by atoms with Gasteiger partial charge in [0.15, 0.2) is 0 Å². The molecule has 1 saturated heterocycles. The zero-order valence-corrected chi connectivity index (χ0v) is 11.5. The Kier molecular flexibility index (Phi) is 4.45. The molecule has 0 spiro atoms. The maximum atomic E-state index is 6.42. The zero-order valence-electron chi connectivity index (χ0n) is 11.5. The van der Waals surface area contributed by atoms with Crippen LogP contribution in [0.4, 0.5) is 0 Å². The molecule has 0 radical (unpaired) electrons. The highest BCUT2D eigenvalue weighted by Gasteiger charge is 2.33. The third-order valence-corrected chi connectivity index (χ3v) is 4.50. The van der Waals surface area contributed by atoms with Gasteiger partial charge in [-0.25, -0.2) is 0 Å². The van der Waals surface area contributed by atoms with Gasteiger partial charge in [-0.15, -0.1) is 0 Å². The number of rotatable bonds is 3. The number of nitrogens with zero attached hydrogens (tertiary/aromatic N) is 1. The Labute approximate surface area is 106 Å². The summed E-state index contributed by atoms with van der Waals surface area (Å²) in [6.45, 7) is 8.30. The molecule has 0 aromatic carbocycles. The van der Waals surface area contributed by atoms with E-state index >= 15 is 0 Å². The molecule has 2 aliphatic rings. The van der Waals surface area contributed by atoms with Crippen molar-refractivity contribution in [2.75, 3.05) is 26.3 Å². The molecule has 100 valence electrons. The van der Waals surface area contributed by atoms with Crippen LogP contribution in [0.5, 0.6) is 0 Å². The van der Waals surface area contributed by atoms with Crippen LogP contribution in [0.3, 0.4) is 0 Å². The van der Waals surface area contributed by atoms with Crippen LogP contribution in [-0.2, 0) is 4.74 Å². The van der Waals surface area contributed by atoms with E-state index in [1.165, 1.54) is 32.1 Å². The second kappa shape index (κ2) is 5.68. The molecule has 3 heteroatoms. The molecule has 0 bridgehead atoms. The monoisotopic (exact) mass is 240 g/mol. The Bertz CT molecular complexity index is 236. The molecule has 0 aromatic rings. The van der Waals surface area contributed by atoms with Crippen LogP contribution in [-0.4, -0.2) is 42.8 Å². The number of morpholine rings is 1. The quantitative estimate of drug-likeness (QED) is 0.820. The Balaban J connectivity index is 1.85. The lowest BCUT2D eigenvalue weighted by Gasteiger charge is -2.44. The first-order valence-electron chi connectivity index (χ1n) is 7.18. The first kappa shape index (κ1) is 13.3. The maximum Gasteiger partial charge on any atom is 0.0645 e. The minimum absolute atomic E-state index is 0.157. The van der Waals surface area contributed by atoms with E-state index in [1.807, 2.05) is 0 Å². The molecule has 1 aliphatic carbocycles. The highest BCUT2D eigenvalue weighted by molar-refractivity contribution is 4.88. The molecule has 1 atom stereocenters. The fourth-order valence-corrected chi connectivity index (χ4v) is 3.19. The summed E-state index contributed by atoms with van der Waals surface area (Å²) in [6, 6.07) is 0.354. The van der Waals surface area contributed by atoms with Gasteiger partial charge in [0.2, 0.25) is 0 Å². The summed E-state index contributed by atoms with van der Waals surface area (Å²) < 4.78 is 5.56. The molecule has 1 saturated carbocycles. The predicted octanol–water partition coefficient (Wildman–Crippen LogP) is 2.00. The minimum Gasteiger partial charge on any atom is -0.378 e. The summed E-state index contributed by atoms with van der Waals surface area (Å²) in [7, 11) is 0. The fraction of sp³-hybridized carbons (Fsp3) is 1.00. The lowest BCUT2D eigenvalue weighted by Crippen LogP contribution is -2.57. The first-order chi connectivity index (χ1) is 8.09. The first-order valence-corrected chi connectivity index (χ1v) is 7.18. The van der Waals surface area contributed by atoms with Crippen molar-refractivity contribution in [2.45, 2.75) is 57.5 Å². The average molecular weight is 240 g/mol. The van der Waals surface area contributed by atoms with Crippen LogP contribution in [0.2, 0.25) is 0 Å². The van der Waals surface area contributed by atoms with Gasteiger partial charge >= 0.3 is 0 Å². The normalized spacial score (nSPS) is 29.1. The number of hydrogen-bond acceptors (Lipinski definition) is 3. The lowest BCUT2D eigenvalue weighted by molar-refractivity contribution is -0.0557. The Morgan fingerprint density at radius 1 is 1.29 bits per heavy atom. The second-order valence-corrected chi connectivity index (χ2v) is 6.37. The van der Waals surface area contributed by atoms with E-state index in [0.717, 1.165) is 32.2 Å². The molecule has 2 rings (SSSR count). The Morgan fingerprint density at radius 3 is 2.65 bits per heavy atom. The Hall–Kier alpha value is -0.120. The number of ether oxygens (including phenoxy) is 1. The van der Waals surface area contributed by atoms with E-state index in [-0.39, 0.29) is 5.54 Å². The van der Waals surface area contributed by atoms with Crippen LogP contribution in [0.1, 0.15) is 46.0 Å². The van der Waals surface area contributed by atoms with Crippen molar-refractivity contribution in [2.24, 2.45) is 11.7 Å². The van der Waals surface area contributed by atoms with Crippen LogP contribution >= 0.6 is 0 Å². The third-order valence-electron chi connectivity index (χ3n) is 4.50. The maximum absolute atomic E-state index is 6.42. The van der Waals surface area contributed by atoms with E-state index in [0.29, 0.717) is 6.04 Å². The zero-order chi connectivity index (χ0) is 12.3. The van der Waals surface area contributed by atoms with E-state index in [4.69, 9.17) is 10.5 Å². The molecule has 0 amide bonds. The van der Waals surface area contributed by atoms with Gasteiger partial charge in [0.05, 0.1) is 13.2 Å². The molecule has 3 nitrogen and oxygen atoms in total. The molecule has 17 heavy (non-hydrogen) atoms. The number of hydrogen-bond donors (Lipinski definition) is 1. The van der Waals surface area contributed by atoms with Gasteiger partial charge in [-0.1, -0.05) is 19.3 Å². The summed E-state index contributed by atoms with van der Waals surface area (Å²) >= 11 is 0. The van der Waals surface area contributed by atoms with Crippen molar-refractivity contribution in [1.29, 1.82) is 0 Å². The van der Waals surface area contributed by atoms with Crippen LogP contribution in [0, 0.1) is 5.92 Å². The average Bonchev–Trinajstić information content (AvgIpc) is 2.33. The molecule has 1 unspecified atom stereocenters.